The average molecular weight is 454 g/mol. The number of hydrogen-bond donors (Lipinski definition) is 1. The van der Waals surface area contributed by atoms with E-state index in [9.17, 15) is 10.5 Å². The summed E-state index contributed by atoms with van der Waals surface area (Å²) >= 11 is 1.49. The second-order valence-electron chi connectivity index (χ2n) is 8.34. The lowest BCUT2D eigenvalue weighted by Gasteiger charge is -2.24. The van der Waals surface area contributed by atoms with Crippen molar-refractivity contribution in [3.8, 4) is 23.3 Å². The number of aromatic nitrogens is 4. The zero-order valence-electron chi connectivity index (χ0n) is 18.5. The number of rotatable bonds is 4. The summed E-state index contributed by atoms with van der Waals surface area (Å²) in [6.07, 6.45) is 7.61. The van der Waals surface area contributed by atoms with Crippen LogP contribution in [0.5, 0.6) is 0 Å². The van der Waals surface area contributed by atoms with Gasteiger partial charge in [-0.1, -0.05) is 17.8 Å². The topological polar surface area (TPSA) is 94.7 Å². The molecule has 1 aliphatic rings. The van der Waals surface area contributed by atoms with Crippen LogP contribution in [0.1, 0.15) is 41.3 Å². The molecule has 7 nitrogen and oxygen atoms in total. The first-order valence-electron chi connectivity index (χ1n) is 10.9. The summed E-state index contributed by atoms with van der Waals surface area (Å²) < 4.78 is 3.91. The van der Waals surface area contributed by atoms with Crippen LogP contribution in [-0.4, -0.2) is 32.5 Å². The highest BCUT2D eigenvalue weighted by Crippen LogP contribution is 2.38. The van der Waals surface area contributed by atoms with Gasteiger partial charge in [0.25, 0.3) is 0 Å². The molecular weight excluding hydrogens is 430 g/mol. The van der Waals surface area contributed by atoms with Gasteiger partial charge in [-0.15, -0.1) is 0 Å². The predicted molar refractivity (Wildman–Crippen MR) is 127 cm³/mol. The summed E-state index contributed by atoms with van der Waals surface area (Å²) in [6, 6.07) is 12.9. The fourth-order valence-electron chi connectivity index (χ4n) is 4.46. The van der Waals surface area contributed by atoms with Crippen LogP contribution in [-0.2, 0) is 0 Å². The minimum atomic E-state index is 0.401. The van der Waals surface area contributed by atoms with Crippen LogP contribution in [0.4, 0.5) is 0 Å². The normalized spacial score (nSPS) is 14.3. The van der Waals surface area contributed by atoms with E-state index in [1.807, 2.05) is 37.5 Å². The molecule has 0 bridgehead atoms. The minimum absolute atomic E-state index is 0.401. The van der Waals surface area contributed by atoms with E-state index in [4.69, 9.17) is 5.10 Å². The third-order valence-corrected chi connectivity index (χ3v) is 7.29. The van der Waals surface area contributed by atoms with Crippen molar-refractivity contribution in [1.82, 2.24) is 24.7 Å². The fourth-order valence-corrected chi connectivity index (χ4v) is 5.53. The molecule has 0 spiro atoms. The van der Waals surface area contributed by atoms with Crippen molar-refractivity contribution in [3.05, 3.63) is 65.2 Å². The van der Waals surface area contributed by atoms with Gasteiger partial charge in [0, 0.05) is 32.8 Å². The standard InChI is InChI=1S/C25H23N7S/c1-16-3-4-23(18(9-16)11-26)33-24-10-19(15-31-25(24)20(12-27)13-29-31)22-14-30-32(17(22)2)21-5-7-28-8-6-21/h3-4,9-10,13-15,21,28H,5-8H2,1-2H3. The van der Waals surface area contributed by atoms with Gasteiger partial charge in [0.2, 0.25) is 0 Å². The molecule has 1 saturated heterocycles. The van der Waals surface area contributed by atoms with Gasteiger partial charge in [0.15, 0.2) is 0 Å². The number of hydrogen-bond acceptors (Lipinski definition) is 6. The Hall–Kier alpha value is -3.59. The number of aryl methyl sites for hydroxylation is 1. The van der Waals surface area contributed by atoms with Crippen LogP contribution < -0.4 is 5.32 Å². The van der Waals surface area contributed by atoms with E-state index in [0.717, 1.165) is 63.6 Å². The van der Waals surface area contributed by atoms with Gasteiger partial charge in [-0.3, -0.25) is 4.68 Å². The maximum Gasteiger partial charge on any atom is 0.103 e. The van der Waals surface area contributed by atoms with Crippen molar-refractivity contribution >= 4 is 17.3 Å². The molecule has 8 heteroatoms. The Bertz CT molecular complexity index is 1430. The Kier molecular flexibility index (Phi) is 5.63. The van der Waals surface area contributed by atoms with Crippen molar-refractivity contribution in [2.45, 2.75) is 42.5 Å². The molecule has 0 amide bonds. The number of benzene rings is 1. The Balaban J connectivity index is 1.62. The number of nitrogens with one attached hydrogen (secondary N) is 1. The summed E-state index contributed by atoms with van der Waals surface area (Å²) in [7, 11) is 0. The third kappa shape index (κ3) is 3.89. The molecule has 5 rings (SSSR count). The zero-order valence-corrected chi connectivity index (χ0v) is 19.4. The molecule has 0 atom stereocenters. The first-order valence-corrected chi connectivity index (χ1v) is 11.8. The maximum atomic E-state index is 9.65. The van der Waals surface area contributed by atoms with Gasteiger partial charge in [0.1, 0.15) is 12.1 Å². The van der Waals surface area contributed by atoms with Crippen molar-refractivity contribution in [2.24, 2.45) is 0 Å². The van der Waals surface area contributed by atoms with Crippen LogP contribution in [0.3, 0.4) is 0 Å². The summed E-state index contributed by atoms with van der Waals surface area (Å²) in [6.45, 7) is 6.10. The molecule has 1 aromatic carbocycles. The molecule has 1 N–H and O–H groups in total. The molecule has 33 heavy (non-hydrogen) atoms. The van der Waals surface area contributed by atoms with Crippen molar-refractivity contribution in [3.63, 3.8) is 0 Å². The van der Waals surface area contributed by atoms with Crippen molar-refractivity contribution < 1.29 is 0 Å². The first-order chi connectivity index (χ1) is 16.1. The zero-order chi connectivity index (χ0) is 22.9. The first kappa shape index (κ1) is 21.3. The molecular formula is C25H23N7S. The molecule has 0 radical (unpaired) electrons. The van der Waals surface area contributed by atoms with Crippen LogP contribution in [0, 0.1) is 36.5 Å². The van der Waals surface area contributed by atoms with Crippen LogP contribution in [0.25, 0.3) is 16.6 Å². The summed E-state index contributed by atoms with van der Waals surface area (Å²) in [5.41, 5.74) is 6.08. The average Bonchev–Trinajstić information content (AvgIpc) is 3.44. The van der Waals surface area contributed by atoms with Gasteiger partial charge < -0.3 is 5.32 Å². The summed E-state index contributed by atoms with van der Waals surface area (Å²) in [5, 5.41) is 31.9. The molecule has 0 saturated carbocycles. The highest BCUT2D eigenvalue weighted by Gasteiger charge is 2.21. The van der Waals surface area contributed by atoms with E-state index in [-0.39, 0.29) is 0 Å². The Labute approximate surface area is 196 Å². The highest BCUT2D eigenvalue weighted by molar-refractivity contribution is 7.99. The monoisotopic (exact) mass is 453 g/mol. The van der Waals surface area contributed by atoms with Crippen LogP contribution >= 0.6 is 11.8 Å². The van der Waals surface area contributed by atoms with E-state index >= 15 is 0 Å². The second kappa shape index (κ2) is 8.74. The van der Waals surface area contributed by atoms with E-state index < -0.39 is 0 Å². The van der Waals surface area contributed by atoms with E-state index in [0.29, 0.717) is 17.2 Å². The van der Waals surface area contributed by atoms with E-state index in [1.165, 1.54) is 11.8 Å². The quantitative estimate of drug-likeness (QED) is 0.484. The molecule has 164 valence electrons. The van der Waals surface area contributed by atoms with Gasteiger partial charge in [-0.05, 0) is 63.5 Å². The van der Waals surface area contributed by atoms with Gasteiger partial charge in [0.05, 0.1) is 35.1 Å². The molecule has 1 aliphatic heterocycles. The molecule has 0 unspecified atom stereocenters. The molecule has 4 heterocycles. The molecule has 3 aromatic heterocycles. The molecule has 1 fully saturated rings. The Morgan fingerprint density at radius 2 is 1.79 bits per heavy atom. The highest BCUT2D eigenvalue weighted by atomic mass is 32.2. The summed E-state index contributed by atoms with van der Waals surface area (Å²) in [5.74, 6) is 0. The smallest absolute Gasteiger partial charge is 0.103 e. The molecule has 4 aromatic rings. The number of pyridine rings is 1. The van der Waals surface area contributed by atoms with Crippen LogP contribution in [0.15, 0.2) is 52.6 Å². The number of piperidine rings is 1. The van der Waals surface area contributed by atoms with E-state index in [1.54, 1.807) is 10.7 Å². The Morgan fingerprint density at radius 1 is 1.00 bits per heavy atom. The fraction of sp³-hybridized carbons (Fsp3) is 0.280. The maximum absolute atomic E-state index is 9.65. The lowest BCUT2D eigenvalue weighted by Crippen LogP contribution is -2.30. The number of fused-ring (bicyclic) bond motifs is 1. The Morgan fingerprint density at radius 3 is 2.55 bits per heavy atom. The van der Waals surface area contributed by atoms with Gasteiger partial charge >= 0.3 is 0 Å². The van der Waals surface area contributed by atoms with E-state index in [2.05, 4.69) is 40.2 Å². The second-order valence-corrected chi connectivity index (χ2v) is 9.42. The number of nitriles is 2. The van der Waals surface area contributed by atoms with Gasteiger partial charge in [-0.2, -0.15) is 20.7 Å². The SMILES string of the molecule is Cc1ccc(Sc2cc(-c3cnn(C4CCNCC4)c3C)cn3ncc(C#N)c23)c(C#N)c1. The van der Waals surface area contributed by atoms with Crippen molar-refractivity contribution in [2.75, 3.05) is 13.1 Å². The lowest BCUT2D eigenvalue weighted by molar-refractivity contribution is 0.338. The number of nitrogens with zero attached hydrogens (tertiary/aromatic N) is 6. The lowest BCUT2D eigenvalue weighted by atomic mass is 10.1. The van der Waals surface area contributed by atoms with Crippen LogP contribution in [0.2, 0.25) is 0 Å². The molecule has 0 aliphatic carbocycles. The third-order valence-electron chi connectivity index (χ3n) is 6.18. The summed E-state index contributed by atoms with van der Waals surface area (Å²) in [4.78, 5) is 1.74. The predicted octanol–water partition coefficient (Wildman–Crippen LogP) is 4.63. The van der Waals surface area contributed by atoms with Crippen molar-refractivity contribution in [1.29, 1.82) is 10.5 Å². The minimum Gasteiger partial charge on any atom is -0.317 e. The largest absolute Gasteiger partial charge is 0.317 e. The van der Waals surface area contributed by atoms with Gasteiger partial charge in [-0.25, -0.2) is 4.52 Å².